The minimum absolute atomic E-state index is 0.831. The van der Waals surface area contributed by atoms with Crippen molar-refractivity contribution in [2.24, 2.45) is 23.7 Å². The van der Waals surface area contributed by atoms with Gasteiger partial charge in [-0.05, 0) is 81.8 Å². The van der Waals surface area contributed by atoms with Gasteiger partial charge in [0.25, 0.3) is 0 Å². The van der Waals surface area contributed by atoms with Crippen LogP contribution in [-0.2, 0) is 0 Å². The van der Waals surface area contributed by atoms with Crippen LogP contribution >= 0.6 is 0 Å². The van der Waals surface area contributed by atoms with Crippen LogP contribution in [0.25, 0.3) is 0 Å². The van der Waals surface area contributed by atoms with Crippen LogP contribution in [0.4, 0.5) is 0 Å². The van der Waals surface area contributed by atoms with E-state index in [1.165, 1.54) is 64.7 Å². The van der Waals surface area contributed by atoms with Crippen molar-refractivity contribution >= 4 is 0 Å². The predicted molar refractivity (Wildman–Crippen MR) is 69.9 cm³/mol. The van der Waals surface area contributed by atoms with Gasteiger partial charge in [-0.2, -0.15) is 0 Å². The van der Waals surface area contributed by atoms with Gasteiger partial charge < -0.3 is 10.2 Å². The highest BCUT2D eigenvalue weighted by molar-refractivity contribution is 4.95. The van der Waals surface area contributed by atoms with Crippen LogP contribution in [0.3, 0.4) is 0 Å². The summed E-state index contributed by atoms with van der Waals surface area (Å²) in [6, 6.07) is 0.831. The topological polar surface area (TPSA) is 15.3 Å². The summed E-state index contributed by atoms with van der Waals surface area (Å²) in [6.45, 7) is 5.42. The molecule has 0 amide bonds. The van der Waals surface area contributed by atoms with Crippen molar-refractivity contribution in [1.82, 2.24) is 10.2 Å². The molecular formula is C15H26N2. The lowest BCUT2D eigenvalue weighted by Crippen LogP contribution is -2.56. The molecule has 3 saturated heterocycles. The monoisotopic (exact) mass is 234 g/mol. The third-order valence-electron chi connectivity index (χ3n) is 5.73. The lowest BCUT2D eigenvalue weighted by Gasteiger charge is -2.45. The summed E-state index contributed by atoms with van der Waals surface area (Å²) < 4.78 is 0. The van der Waals surface area contributed by atoms with Crippen LogP contribution in [0.2, 0.25) is 0 Å². The smallest absolute Gasteiger partial charge is 0.0224 e. The third-order valence-corrected chi connectivity index (χ3v) is 5.73. The zero-order chi connectivity index (χ0) is 11.2. The molecule has 5 rings (SSSR count). The second-order valence-corrected chi connectivity index (χ2v) is 6.99. The molecule has 2 saturated carbocycles. The fraction of sp³-hybridized carbons (Fsp3) is 1.00. The molecule has 1 unspecified atom stereocenters. The van der Waals surface area contributed by atoms with E-state index in [9.17, 15) is 0 Å². The Morgan fingerprint density at radius 3 is 2.06 bits per heavy atom. The van der Waals surface area contributed by atoms with Crippen LogP contribution in [0, 0.1) is 23.7 Å². The zero-order valence-electron chi connectivity index (χ0n) is 10.9. The zero-order valence-corrected chi connectivity index (χ0v) is 10.9. The van der Waals surface area contributed by atoms with Gasteiger partial charge in [-0.1, -0.05) is 0 Å². The molecule has 3 aliphatic heterocycles. The van der Waals surface area contributed by atoms with Gasteiger partial charge in [0.05, 0.1) is 0 Å². The number of nitrogens with zero attached hydrogens (tertiary/aromatic N) is 1. The quantitative estimate of drug-likeness (QED) is 0.784. The van der Waals surface area contributed by atoms with Crippen LogP contribution in [0.5, 0.6) is 0 Å². The molecule has 1 atom stereocenters. The number of fused-ring (bicyclic) bond motifs is 3. The standard InChI is InChI=1S/C15H26N2/c1-2-11(1)14(12-3-4-12)9-16-15-10-17-7-5-13(15)6-8-17/h11-16H,1-10H2. The van der Waals surface area contributed by atoms with Crippen molar-refractivity contribution in [3.63, 3.8) is 0 Å². The van der Waals surface area contributed by atoms with Gasteiger partial charge in [0.1, 0.15) is 0 Å². The summed E-state index contributed by atoms with van der Waals surface area (Å²) in [5.41, 5.74) is 0. The molecule has 2 aliphatic carbocycles. The molecule has 0 radical (unpaired) electrons. The maximum absolute atomic E-state index is 3.95. The molecule has 2 bridgehead atoms. The molecule has 3 heterocycles. The van der Waals surface area contributed by atoms with Gasteiger partial charge in [0, 0.05) is 12.6 Å². The number of nitrogens with one attached hydrogen (secondary N) is 1. The molecule has 0 spiro atoms. The van der Waals surface area contributed by atoms with E-state index in [1.54, 1.807) is 0 Å². The maximum atomic E-state index is 3.95. The Morgan fingerprint density at radius 2 is 1.59 bits per heavy atom. The summed E-state index contributed by atoms with van der Waals surface area (Å²) in [5.74, 6) is 4.26. The molecule has 0 aromatic carbocycles. The van der Waals surface area contributed by atoms with Crippen LogP contribution in [-0.4, -0.2) is 37.1 Å². The van der Waals surface area contributed by atoms with E-state index < -0.39 is 0 Å². The van der Waals surface area contributed by atoms with Gasteiger partial charge in [-0.15, -0.1) is 0 Å². The van der Waals surface area contributed by atoms with Crippen molar-refractivity contribution < 1.29 is 0 Å². The second-order valence-electron chi connectivity index (χ2n) is 6.99. The third kappa shape index (κ3) is 2.26. The van der Waals surface area contributed by atoms with E-state index in [0.717, 1.165) is 29.7 Å². The van der Waals surface area contributed by atoms with Crippen molar-refractivity contribution in [1.29, 1.82) is 0 Å². The molecule has 5 aliphatic rings. The summed E-state index contributed by atoms with van der Waals surface area (Å²) in [4.78, 5) is 2.67. The molecule has 17 heavy (non-hydrogen) atoms. The van der Waals surface area contributed by atoms with Crippen molar-refractivity contribution in [2.75, 3.05) is 26.2 Å². The van der Waals surface area contributed by atoms with Crippen molar-refractivity contribution in [3.8, 4) is 0 Å². The average molecular weight is 234 g/mol. The molecular weight excluding hydrogens is 208 g/mol. The molecule has 1 N–H and O–H groups in total. The van der Waals surface area contributed by atoms with E-state index in [2.05, 4.69) is 10.2 Å². The highest BCUT2D eigenvalue weighted by Crippen LogP contribution is 2.49. The van der Waals surface area contributed by atoms with Gasteiger partial charge in [-0.3, -0.25) is 0 Å². The Balaban J connectivity index is 1.31. The Kier molecular flexibility index (Phi) is 2.69. The minimum Gasteiger partial charge on any atom is -0.312 e. The van der Waals surface area contributed by atoms with E-state index >= 15 is 0 Å². The van der Waals surface area contributed by atoms with E-state index in [-0.39, 0.29) is 0 Å². The summed E-state index contributed by atoms with van der Waals surface area (Å²) >= 11 is 0. The average Bonchev–Trinajstić information content (AvgIpc) is 3.25. The SMILES string of the molecule is C1CN2CCC1C(NCC(C1CC1)C1CC1)C2. The Labute approximate surface area is 105 Å². The number of piperidine rings is 3. The van der Waals surface area contributed by atoms with Crippen LogP contribution in [0.1, 0.15) is 38.5 Å². The van der Waals surface area contributed by atoms with Gasteiger partial charge in [-0.25, -0.2) is 0 Å². The van der Waals surface area contributed by atoms with Gasteiger partial charge >= 0.3 is 0 Å². The first-order valence-corrected chi connectivity index (χ1v) is 7.86. The predicted octanol–water partition coefficient (Wildman–Crippen LogP) is 2.11. The molecule has 2 heteroatoms. The number of hydrogen-bond donors (Lipinski definition) is 1. The van der Waals surface area contributed by atoms with Gasteiger partial charge in [0.15, 0.2) is 0 Å². The summed E-state index contributed by atoms with van der Waals surface area (Å²) in [5, 5.41) is 3.95. The van der Waals surface area contributed by atoms with E-state index in [0.29, 0.717) is 0 Å². The highest BCUT2D eigenvalue weighted by Gasteiger charge is 2.42. The first kappa shape index (κ1) is 10.8. The largest absolute Gasteiger partial charge is 0.312 e. The molecule has 2 nitrogen and oxygen atoms in total. The maximum Gasteiger partial charge on any atom is 0.0224 e. The molecule has 96 valence electrons. The van der Waals surface area contributed by atoms with Crippen LogP contribution < -0.4 is 5.32 Å². The van der Waals surface area contributed by atoms with E-state index in [1.807, 2.05) is 0 Å². The molecule has 5 fully saturated rings. The number of hydrogen-bond acceptors (Lipinski definition) is 2. The highest BCUT2D eigenvalue weighted by atomic mass is 15.2. The Hall–Kier alpha value is -0.0800. The summed E-state index contributed by atoms with van der Waals surface area (Å²) in [6.07, 6.45) is 9.03. The lowest BCUT2D eigenvalue weighted by molar-refractivity contribution is 0.0696. The molecule has 0 aromatic rings. The Morgan fingerprint density at radius 1 is 0.941 bits per heavy atom. The van der Waals surface area contributed by atoms with Crippen molar-refractivity contribution in [2.45, 2.75) is 44.6 Å². The first-order chi connectivity index (χ1) is 8.40. The van der Waals surface area contributed by atoms with E-state index in [4.69, 9.17) is 0 Å². The van der Waals surface area contributed by atoms with Gasteiger partial charge in [0.2, 0.25) is 0 Å². The fourth-order valence-corrected chi connectivity index (χ4v) is 4.25. The Bertz CT molecular complexity index is 263. The normalized spacial score (nSPS) is 41.1. The molecule has 0 aromatic heterocycles. The second kappa shape index (κ2) is 4.24. The first-order valence-electron chi connectivity index (χ1n) is 7.86. The lowest BCUT2D eigenvalue weighted by atomic mass is 9.83. The minimum atomic E-state index is 0.831. The fourth-order valence-electron chi connectivity index (χ4n) is 4.25. The summed E-state index contributed by atoms with van der Waals surface area (Å²) in [7, 11) is 0. The van der Waals surface area contributed by atoms with Crippen molar-refractivity contribution in [3.05, 3.63) is 0 Å². The van der Waals surface area contributed by atoms with Crippen LogP contribution in [0.15, 0.2) is 0 Å². The number of rotatable bonds is 5.